The van der Waals surface area contributed by atoms with Crippen LogP contribution >= 0.6 is 12.2 Å². The standard InChI is InChI=1S/C7H16N2S/c1-5(2)6(3)9(4)7(8)10/h5-6H,1-4H3,(H2,8,10). The number of hydrogen-bond donors (Lipinski definition) is 1. The Morgan fingerprint density at radius 1 is 1.40 bits per heavy atom. The lowest BCUT2D eigenvalue weighted by atomic mass is 10.1. The Kier molecular flexibility index (Phi) is 3.64. The van der Waals surface area contributed by atoms with Gasteiger partial charge in [-0.2, -0.15) is 0 Å². The third kappa shape index (κ3) is 2.52. The summed E-state index contributed by atoms with van der Waals surface area (Å²) in [7, 11) is 1.92. The number of hydrogen-bond acceptors (Lipinski definition) is 1. The molecule has 0 aliphatic rings. The van der Waals surface area contributed by atoms with E-state index in [1.54, 1.807) is 0 Å². The molecular formula is C7H16N2S. The number of rotatable bonds is 2. The van der Waals surface area contributed by atoms with Crippen LogP contribution in [0.5, 0.6) is 0 Å². The zero-order valence-corrected chi connectivity index (χ0v) is 7.90. The Morgan fingerprint density at radius 3 is 1.90 bits per heavy atom. The lowest BCUT2D eigenvalue weighted by molar-refractivity contribution is 0.311. The van der Waals surface area contributed by atoms with Crippen molar-refractivity contribution >= 4 is 17.3 Å². The zero-order chi connectivity index (χ0) is 8.31. The molecule has 0 radical (unpaired) electrons. The van der Waals surface area contributed by atoms with Crippen LogP contribution in [0.4, 0.5) is 0 Å². The van der Waals surface area contributed by atoms with E-state index in [2.05, 4.69) is 20.8 Å². The van der Waals surface area contributed by atoms with Gasteiger partial charge in [-0.3, -0.25) is 0 Å². The molecule has 0 bridgehead atoms. The summed E-state index contributed by atoms with van der Waals surface area (Å²) >= 11 is 4.82. The van der Waals surface area contributed by atoms with Crippen molar-refractivity contribution in [3.8, 4) is 0 Å². The lowest BCUT2D eigenvalue weighted by Crippen LogP contribution is -2.41. The molecule has 60 valence electrons. The lowest BCUT2D eigenvalue weighted by Gasteiger charge is -2.27. The fourth-order valence-corrected chi connectivity index (χ4v) is 0.814. The fraction of sp³-hybridized carbons (Fsp3) is 0.857. The average Bonchev–Trinajstić information content (AvgIpc) is 1.84. The van der Waals surface area contributed by atoms with Crippen molar-refractivity contribution < 1.29 is 0 Å². The fourth-order valence-electron chi connectivity index (χ4n) is 0.648. The van der Waals surface area contributed by atoms with Gasteiger partial charge in [-0.1, -0.05) is 13.8 Å². The van der Waals surface area contributed by atoms with Crippen LogP contribution in [-0.4, -0.2) is 23.1 Å². The molecule has 0 aromatic heterocycles. The summed E-state index contributed by atoms with van der Waals surface area (Å²) < 4.78 is 0. The molecule has 0 aliphatic carbocycles. The molecule has 0 saturated carbocycles. The van der Waals surface area contributed by atoms with Gasteiger partial charge in [-0.15, -0.1) is 0 Å². The quantitative estimate of drug-likeness (QED) is 0.616. The summed E-state index contributed by atoms with van der Waals surface area (Å²) in [6.07, 6.45) is 0. The molecule has 0 aromatic carbocycles. The minimum absolute atomic E-state index is 0.428. The van der Waals surface area contributed by atoms with E-state index in [1.807, 2.05) is 11.9 Å². The minimum atomic E-state index is 0.428. The molecule has 1 unspecified atom stereocenters. The summed E-state index contributed by atoms with van der Waals surface area (Å²) in [4.78, 5) is 1.92. The van der Waals surface area contributed by atoms with Gasteiger partial charge in [0, 0.05) is 13.1 Å². The van der Waals surface area contributed by atoms with Crippen LogP contribution in [0.2, 0.25) is 0 Å². The molecule has 0 aliphatic heterocycles. The van der Waals surface area contributed by atoms with E-state index in [0.717, 1.165) is 0 Å². The van der Waals surface area contributed by atoms with Gasteiger partial charge in [-0.25, -0.2) is 0 Å². The van der Waals surface area contributed by atoms with Gasteiger partial charge in [0.1, 0.15) is 0 Å². The first kappa shape index (κ1) is 9.69. The van der Waals surface area contributed by atoms with E-state index in [9.17, 15) is 0 Å². The highest BCUT2D eigenvalue weighted by molar-refractivity contribution is 7.80. The molecule has 1 atom stereocenters. The third-order valence-electron chi connectivity index (χ3n) is 1.92. The van der Waals surface area contributed by atoms with Crippen molar-refractivity contribution in [2.24, 2.45) is 11.7 Å². The van der Waals surface area contributed by atoms with Crippen molar-refractivity contribution in [1.82, 2.24) is 4.90 Å². The maximum absolute atomic E-state index is 5.43. The van der Waals surface area contributed by atoms with Gasteiger partial charge in [-0.05, 0) is 25.1 Å². The molecular weight excluding hydrogens is 144 g/mol. The molecule has 0 saturated heterocycles. The highest BCUT2D eigenvalue weighted by Crippen LogP contribution is 2.06. The molecule has 10 heavy (non-hydrogen) atoms. The molecule has 0 spiro atoms. The Balaban J connectivity index is 3.94. The maximum atomic E-state index is 5.43. The Bertz CT molecular complexity index is 123. The molecule has 0 amide bonds. The molecule has 0 aromatic rings. The van der Waals surface area contributed by atoms with Crippen molar-refractivity contribution in [3.05, 3.63) is 0 Å². The maximum Gasteiger partial charge on any atom is 0.166 e. The molecule has 3 heteroatoms. The van der Waals surface area contributed by atoms with Crippen LogP contribution in [0, 0.1) is 5.92 Å². The predicted octanol–water partition coefficient (Wildman–Crippen LogP) is 1.21. The Hall–Kier alpha value is -0.310. The Morgan fingerprint density at radius 2 is 1.80 bits per heavy atom. The normalized spacial score (nSPS) is 13.3. The van der Waals surface area contributed by atoms with Crippen LogP contribution in [-0.2, 0) is 0 Å². The van der Waals surface area contributed by atoms with Crippen LogP contribution in [0.15, 0.2) is 0 Å². The molecule has 0 heterocycles. The highest BCUT2D eigenvalue weighted by atomic mass is 32.1. The summed E-state index contributed by atoms with van der Waals surface area (Å²) in [6.45, 7) is 6.42. The SMILES string of the molecule is CC(C)C(C)N(C)C(N)=S. The second-order valence-electron chi connectivity index (χ2n) is 2.93. The first-order chi connectivity index (χ1) is 4.46. The second kappa shape index (κ2) is 3.76. The third-order valence-corrected chi connectivity index (χ3v) is 2.21. The van der Waals surface area contributed by atoms with Crippen LogP contribution in [0.1, 0.15) is 20.8 Å². The van der Waals surface area contributed by atoms with E-state index in [0.29, 0.717) is 17.1 Å². The topological polar surface area (TPSA) is 29.3 Å². The monoisotopic (exact) mass is 160 g/mol. The van der Waals surface area contributed by atoms with Gasteiger partial charge in [0.05, 0.1) is 0 Å². The summed E-state index contributed by atoms with van der Waals surface area (Å²) in [5, 5.41) is 0.473. The van der Waals surface area contributed by atoms with Gasteiger partial charge in [0.2, 0.25) is 0 Å². The molecule has 0 rings (SSSR count). The predicted molar refractivity (Wildman–Crippen MR) is 48.8 cm³/mol. The zero-order valence-electron chi connectivity index (χ0n) is 7.09. The van der Waals surface area contributed by atoms with Crippen molar-refractivity contribution in [3.63, 3.8) is 0 Å². The van der Waals surface area contributed by atoms with E-state index < -0.39 is 0 Å². The van der Waals surface area contributed by atoms with Crippen molar-refractivity contribution in [2.75, 3.05) is 7.05 Å². The van der Waals surface area contributed by atoms with E-state index >= 15 is 0 Å². The van der Waals surface area contributed by atoms with Crippen molar-refractivity contribution in [2.45, 2.75) is 26.8 Å². The van der Waals surface area contributed by atoms with E-state index in [-0.39, 0.29) is 0 Å². The summed E-state index contributed by atoms with van der Waals surface area (Å²) in [6, 6.07) is 0.428. The highest BCUT2D eigenvalue weighted by Gasteiger charge is 2.12. The van der Waals surface area contributed by atoms with Gasteiger partial charge >= 0.3 is 0 Å². The van der Waals surface area contributed by atoms with Crippen molar-refractivity contribution in [1.29, 1.82) is 0 Å². The van der Waals surface area contributed by atoms with Crippen LogP contribution in [0.25, 0.3) is 0 Å². The molecule has 2 nitrogen and oxygen atoms in total. The molecule has 0 fully saturated rings. The largest absolute Gasteiger partial charge is 0.376 e. The average molecular weight is 160 g/mol. The number of thiocarbonyl (C=S) groups is 1. The first-order valence-corrected chi connectivity index (χ1v) is 3.90. The van der Waals surface area contributed by atoms with Gasteiger partial charge in [0.15, 0.2) is 5.11 Å². The van der Waals surface area contributed by atoms with Crippen LogP contribution in [0.3, 0.4) is 0 Å². The second-order valence-corrected chi connectivity index (χ2v) is 3.35. The smallest absolute Gasteiger partial charge is 0.166 e. The molecule has 2 N–H and O–H groups in total. The first-order valence-electron chi connectivity index (χ1n) is 3.49. The summed E-state index contributed by atoms with van der Waals surface area (Å²) in [5.74, 6) is 0.589. The van der Waals surface area contributed by atoms with Crippen LogP contribution < -0.4 is 5.73 Å². The Labute approximate surface area is 68.4 Å². The van der Waals surface area contributed by atoms with E-state index in [4.69, 9.17) is 18.0 Å². The number of nitrogens with zero attached hydrogens (tertiary/aromatic N) is 1. The van der Waals surface area contributed by atoms with Gasteiger partial charge < -0.3 is 10.6 Å². The van der Waals surface area contributed by atoms with E-state index in [1.165, 1.54) is 0 Å². The van der Waals surface area contributed by atoms with Gasteiger partial charge in [0.25, 0.3) is 0 Å². The minimum Gasteiger partial charge on any atom is -0.376 e. The summed E-state index contributed by atoms with van der Waals surface area (Å²) in [5.41, 5.74) is 5.43. The number of nitrogens with two attached hydrogens (primary N) is 1.